The van der Waals surface area contributed by atoms with Crippen LogP contribution < -0.4 is 16.8 Å². The topological polar surface area (TPSA) is 94.3 Å². The molecule has 6 nitrogen and oxygen atoms in total. The van der Waals surface area contributed by atoms with Gasteiger partial charge in [0.05, 0.1) is 17.6 Å². The van der Waals surface area contributed by atoms with Crippen molar-refractivity contribution in [2.24, 2.45) is 5.73 Å². The number of hydrogen-bond acceptors (Lipinski definition) is 5. The Morgan fingerprint density at radius 1 is 1.16 bits per heavy atom. The van der Waals surface area contributed by atoms with Gasteiger partial charge in [-0.1, -0.05) is 17.7 Å². The molecule has 1 aliphatic carbocycles. The highest BCUT2D eigenvalue weighted by molar-refractivity contribution is 6.30. The highest BCUT2D eigenvalue weighted by Gasteiger charge is 2.23. The van der Waals surface area contributed by atoms with Gasteiger partial charge in [0.15, 0.2) is 5.65 Å². The predicted molar refractivity (Wildman–Crippen MR) is 101 cm³/mol. The van der Waals surface area contributed by atoms with Gasteiger partial charge in [-0.05, 0) is 43.9 Å². The Bertz CT molecular complexity index is 898. The van der Waals surface area contributed by atoms with Gasteiger partial charge in [-0.15, -0.1) is 5.10 Å². The number of fused-ring (bicyclic) bond motifs is 1. The molecule has 7 heteroatoms. The third-order valence-electron chi connectivity index (χ3n) is 4.76. The van der Waals surface area contributed by atoms with Crippen LogP contribution in [-0.4, -0.2) is 20.6 Å². The van der Waals surface area contributed by atoms with Crippen molar-refractivity contribution in [1.82, 2.24) is 14.6 Å². The Kier molecular flexibility index (Phi) is 4.23. The summed E-state index contributed by atoms with van der Waals surface area (Å²) in [4.78, 5) is 4.83. The molecule has 0 spiro atoms. The van der Waals surface area contributed by atoms with E-state index < -0.39 is 0 Å². The first-order valence-corrected chi connectivity index (χ1v) is 8.90. The average molecular weight is 357 g/mol. The van der Waals surface area contributed by atoms with Gasteiger partial charge >= 0.3 is 0 Å². The van der Waals surface area contributed by atoms with Crippen LogP contribution in [0.1, 0.15) is 37.3 Å². The maximum absolute atomic E-state index is 6.07. The summed E-state index contributed by atoms with van der Waals surface area (Å²) in [5, 5.41) is 8.38. The SMILES string of the molecule is Nc1cc(Nc2cccc(Cl)c2)c2nc(C3CCC(N)CC3)cn2n1. The van der Waals surface area contributed by atoms with Crippen LogP contribution in [0.2, 0.25) is 5.02 Å². The molecule has 0 aliphatic heterocycles. The zero-order chi connectivity index (χ0) is 17.4. The summed E-state index contributed by atoms with van der Waals surface area (Å²) < 4.78 is 1.76. The maximum atomic E-state index is 6.07. The summed E-state index contributed by atoms with van der Waals surface area (Å²) in [5.41, 5.74) is 15.5. The van der Waals surface area contributed by atoms with Crippen LogP contribution in [-0.2, 0) is 0 Å². The van der Waals surface area contributed by atoms with Crippen molar-refractivity contribution >= 4 is 34.4 Å². The quantitative estimate of drug-likeness (QED) is 0.665. The lowest BCUT2D eigenvalue weighted by Crippen LogP contribution is -2.25. The van der Waals surface area contributed by atoms with E-state index in [0.29, 0.717) is 22.8 Å². The van der Waals surface area contributed by atoms with Crippen molar-refractivity contribution in [2.45, 2.75) is 37.6 Å². The second-order valence-corrected chi connectivity index (χ2v) is 7.10. The van der Waals surface area contributed by atoms with Crippen LogP contribution in [0.15, 0.2) is 36.5 Å². The Labute approximate surface area is 151 Å². The van der Waals surface area contributed by atoms with Crippen LogP contribution in [0.25, 0.3) is 5.65 Å². The van der Waals surface area contributed by atoms with E-state index in [4.69, 9.17) is 28.1 Å². The van der Waals surface area contributed by atoms with Crippen LogP contribution in [0.5, 0.6) is 0 Å². The zero-order valence-corrected chi connectivity index (χ0v) is 14.6. The average Bonchev–Trinajstić information content (AvgIpc) is 2.99. The smallest absolute Gasteiger partial charge is 0.177 e. The maximum Gasteiger partial charge on any atom is 0.177 e. The number of anilines is 3. The molecule has 2 aromatic heterocycles. The van der Waals surface area contributed by atoms with Gasteiger partial charge in [-0.25, -0.2) is 9.50 Å². The third-order valence-corrected chi connectivity index (χ3v) is 4.99. The fraction of sp³-hybridized carbons (Fsp3) is 0.333. The van der Waals surface area contributed by atoms with E-state index in [2.05, 4.69) is 10.4 Å². The minimum Gasteiger partial charge on any atom is -0.382 e. The van der Waals surface area contributed by atoms with Crippen LogP contribution in [0, 0.1) is 0 Å². The standard InChI is InChI=1S/C18H21ClN6/c19-12-2-1-3-14(8-12)22-15-9-17(21)24-25-10-16(23-18(15)25)11-4-6-13(20)7-5-11/h1-3,8-11,13,22H,4-7,20H2,(H2,21,24). The van der Waals surface area contributed by atoms with Crippen molar-refractivity contribution in [3.63, 3.8) is 0 Å². The van der Waals surface area contributed by atoms with E-state index in [-0.39, 0.29) is 0 Å². The minimum absolute atomic E-state index is 0.321. The largest absolute Gasteiger partial charge is 0.382 e. The summed E-state index contributed by atoms with van der Waals surface area (Å²) in [5.74, 6) is 0.869. The van der Waals surface area contributed by atoms with Gasteiger partial charge in [-0.2, -0.15) is 0 Å². The van der Waals surface area contributed by atoms with E-state index in [1.165, 1.54) is 0 Å². The second-order valence-electron chi connectivity index (χ2n) is 6.66. The number of hydrogen-bond donors (Lipinski definition) is 3. The molecule has 1 aliphatic rings. The lowest BCUT2D eigenvalue weighted by Gasteiger charge is -2.24. The fourth-order valence-corrected chi connectivity index (χ4v) is 3.63. The Balaban J connectivity index is 1.69. The van der Waals surface area contributed by atoms with E-state index in [1.807, 2.05) is 30.5 Å². The van der Waals surface area contributed by atoms with Gasteiger partial charge in [0.1, 0.15) is 5.82 Å². The summed E-state index contributed by atoms with van der Waals surface area (Å²) in [6.07, 6.45) is 6.20. The predicted octanol–water partition coefficient (Wildman–Crippen LogP) is 3.69. The number of imidazole rings is 1. The molecule has 1 fully saturated rings. The van der Waals surface area contributed by atoms with Gasteiger partial charge in [0, 0.05) is 28.7 Å². The number of halogens is 1. The number of nitrogens with two attached hydrogens (primary N) is 2. The number of nitrogens with one attached hydrogen (secondary N) is 1. The van der Waals surface area contributed by atoms with Crippen LogP contribution in [0.4, 0.5) is 17.2 Å². The van der Waals surface area contributed by atoms with Crippen LogP contribution in [0.3, 0.4) is 0 Å². The zero-order valence-electron chi connectivity index (χ0n) is 13.8. The summed E-state index contributed by atoms with van der Waals surface area (Å²) in [7, 11) is 0. The van der Waals surface area contributed by atoms with Gasteiger partial charge in [0.25, 0.3) is 0 Å². The summed E-state index contributed by atoms with van der Waals surface area (Å²) in [6.45, 7) is 0. The lowest BCUT2D eigenvalue weighted by molar-refractivity contribution is 0.391. The van der Waals surface area contributed by atoms with Gasteiger partial charge in [-0.3, -0.25) is 0 Å². The normalized spacial score (nSPS) is 20.7. The molecule has 1 aromatic carbocycles. The first-order valence-electron chi connectivity index (χ1n) is 8.52. The molecule has 4 rings (SSSR count). The summed E-state index contributed by atoms with van der Waals surface area (Å²) >= 11 is 6.07. The number of aromatic nitrogens is 3. The highest BCUT2D eigenvalue weighted by atomic mass is 35.5. The van der Waals surface area contributed by atoms with Crippen LogP contribution >= 0.6 is 11.6 Å². The fourth-order valence-electron chi connectivity index (χ4n) is 3.44. The lowest BCUT2D eigenvalue weighted by atomic mass is 9.85. The molecule has 130 valence electrons. The van der Waals surface area contributed by atoms with E-state index in [9.17, 15) is 0 Å². The third kappa shape index (κ3) is 3.41. The van der Waals surface area contributed by atoms with Crippen molar-refractivity contribution in [3.05, 3.63) is 47.2 Å². The molecule has 0 amide bonds. The van der Waals surface area contributed by atoms with Crippen molar-refractivity contribution in [1.29, 1.82) is 0 Å². The molecule has 0 radical (unpaired) electrons. The molecule has 3 aromatic rings. The van der Waals surface area contributed by atoms with E-state index >= 15 is 0 Å². The van der Waals surface area contributed by atoms with Gasteiger partial charge < -0.3 is 16.8 Å². The molecule has 5 N–H and O–H groups in total. The first-order chi connectivity index (χ1) is 12.1. The summed E-state index contributed by atoms with van der Waals surface area (Å²) in [6, 6.07) is 9.66. The second kappa shape index (κ2) is 6.54. The molecule has 0 saturated heterocycles. The number of rotatable bonds is 3. The van der Waals surface area contributed by atoms with Crippen molar-refractivity contribution in [2.75, 3.05) is 11.1 Å². The Morgan fingerprint density at radius 2 is 1.96 bits per heavy atom. The molecule has 0 atom stereocenters. The number of benzene rings is 1. The molecule has 25 heavy (non-hydrogen) atoms. The van der Waals surface area contributed by atoms with E-state index in [1.54, 1.807) is 10.6 Å². The number of nitrogen functional groups attached to an aromatic ring is 1. The molecular formula is C18H21ClN6. The highest BCUT2D eigenvalue weighted by Crippen LogP contribution is 2.33. The monoisotopic (exact) mass is 356 g/mol. The molecule has 2 heterocycles. The molecule has 1 saturated carbocycles. The first kappa shape index (κ1) is 16.2. The molecule has 0 unspecified atom stereocenters. The Hall–Kier alpha value is -2.31. The van der Waals surface area contributed by atoms with Crippen molar-refractivity contribution < 1.29 is 0 Å². The Morgan fingerprint density at radius 3 is 2.72 bits per heavy atom. The molecular weight excluding hydrogens is 336 g/mol. The molecule has 0 bridgehead atoms. The van der Waals surface area contributed by atoms with E-state index in [0.717, 1.165) is 48.4 Å². The minimum atomic E-state index is 0.321. The van der Waals surface area contributed by atoms with Crippen molar-refractivity contribution in [3.8, 4) is 0 Å². The number of nitrogens with zero attached hydrogens (tertiary/aromatic N) is 3. The van der Waals surface area contributed by atoms with Gasteiger partial charge in [0.2, 0.25) is 0 Å².